The average Bonchev–Trinajstić information content (AvgIpc) is 2.26. The van der Waals surface area contributed by atoms with E-state index in [1.54, 1.807) is 12.4 Å². The van der Waals surface area contributed by atoms with Gasteiger partial charge in [-0.05, 0) is 20.3 Å². The predicted octanol–water partition coefficient (Wildman–Crippen LogP) is 2.46. The van der Waals surface area contributed by atoms with E-state index in [4.69, 9.17) is 5.73 Å². The Morgan fingerprint density at radius 3 is 2.38 bits per heavy atom. The number of hydrogen-bond donors (Lipinski definition) is 1. The minimum Gasteiger partial charge on any atom is -0.396 e. The summed E-state index contributed by atoms with van der Waals surface area (Å²) in [7, 11) is 0. The lowest BCUT2D eigenvalue weighted by atomic mass is 10.2. The lowest BCUT2D eigenvalue weighted by Crippen LogP contribution is -2.33. The summed E-state index contributed by atoms with van der Waals surface area (Å²) in [5.41, 5.74) is 6.19. The molecule has 4 nitrogen and oxygen atoms in total. The first-order valence-electron chi connectivity index (χ1n) is 5.99. The number of rotatable bonds is 6. The summed E-state index contributed by atoms with van der Waals surface area (Å²) in [5.74, 6) is 0.778. The maximum absolute atomic E-state index is 5.58. The van der Waals surface area contributed by atoms with Crippen molar-refractivity contribution in [2.24, 2.45) is 0 Å². The van der Waals surface area contributed by atoms with E-state index in [0.717, 1.165) is 12.5 Å². The molecule has 90 valence electrons. The van der Waals surface area contributed by atoms with E-state index in [0.29, 0.717) is 11.7 Å². The third-order valence-corrected chi connectivity index (χ3v) is 2.54. The monoisotopic (exact) mass is 222 g/mol. The topological polar surface area (TPSA) is 55.0 Å². The van der Waals surface area contributed by atoms with Crippen molar-refractivity contribution in [3.05, 3.63) is 12.4 Å². The molecule has 0 spiro atoms. The van der Waals surface area contributed by atoms with Crippen LogP contribution in [-0.2, 0) is 0 Å². The molecule has 0 radical (unpaired) electrons. The first kappa shape index (κ1) is 12.7. The molecular weight excluding hydrogens is 200 g/mol. The molecule has 0 atom stereocenters. The zero-order valence-corrected chi connectivity index (χ0v) is 10.5. The van der Waals surface area contributed by atoms with Crippen LogP contribution in [0.5, 0.6) is 0 Å². The van der Waals surface area contributed by atoms with Gasteiger partial charge in [-0.2, -0.15) is 0 Å². The first-order chi connectivity index (χ1) is 7.65. The van der Waals surface area contributed by atoms with Crippen LogP contribution in [0.3, 0.4) is 0 Å². The minimum absolute atomic E-state index is 0.417. The second-order valence-corrected chi connectivity index (χ2v) is 4.31. The molecule has 0 unspecified atom stereocenters. The van der Waals surface area contributed by atoms with Gasteiger partial charge in [-0.25, -0.2) is 9.97 Å². The van der Waals surface area contributed by atoms with Gasteiger partial charge in [0.15, 0.2) is 0 Å². The molecule has 2 N–H and O–H groups in total. The average molecular weight is 222 g/mol. The van der Waals surface area contributed by atoms with E-state index >= 15 is 0 Å². The standard InChI is InChI=1S/C12H22N4/c1-4-5-6-7-16(10(2)3)12-14-8-11(13)9-15-12/h8-10H,4-7,13H2,1-3H3. The van der Waals surface area contributed by atoms with Crippen molar-refractivity contribution in [3.8, 4) is 0 Å². The van der Waals surface area contributed by atoms with E-state index in [2.05, 4.69) is 35.6 Å². The van der Waals surface area contributed by atoms with Crippen molar-refractivity contribution in [1.29, 1.82) is 0 Å². The molecule has 0 aliphatic heterocycles. The highest BCUT2D eigenvalue weighted by molar-refractivity contribution is 5.38. The summed E-state index contributed by atoms with van der Waals surface area (Å²) in [4.78, 5) is 10.8. The second-order valence-electron chi connectivity index (χ2n) is 4.31. The fourth-order valence-corrected chi connectivity index (χ4v) is 1.60. The number of nitrogen functional groups attached to an aromatic ring is 1. The Morgan fingerprint density at radius 1 is 1.25 bits per heavy atom. The highest BCUT2D eigenvalue weighted by Crippen LogP contribution is 2.13. The molecule has 0 aromatic carbocycles. The van der Waals surface area contributed by atoms with Gasteiger partial charge in [-0.15, -0.1) is 0 Å². The Morgan fingerprint density at radius 2 is 1.88 bits per heavy atom. The SMILES string of the molecule is CCCCCN(c1ncc(N)cn1)C(C)C. The molecule has 1 aromatic rings. The number of aromatic nitrogens is 2. The summed E-state index contributed by atoms with van der Waals surface area (Å²) in [6.07, 6.45) is 6.99. The van der Waals surface area contributed by atoms with E-state index in [9.17, 15) is 0 Å². The molecule has 0 aliphatic rings. The van der Waals surface area contributed by atoms with E-state index in [1.807, 2.05) is 0 Å². The van der Waals surface area contributed by atoms with E-state index in [-0.39, 0.29) is 0 Å². The normalized spacial score (nSPS) is 10.8. The Kier molecular flexibility index (Phi) is 5.02. The first-order valence-corrected chi connectivity index (χ1v) is 5.99. The van der Waals surface area contributed by atoms with Gasteiger partial charge in [-0.3, -0.25) is 0 Å². The largest absolute Gasteiger partial charge is 0.396 e. The van der Waals surface area contributed by atoms with Gasteiger partial charge in [0.1, 0.15) is 0 Å². The van der Waals surface area contributed by atoms with Gasteiger partial charge >= 0.3 is 0 Å². The smallest absolute Gasteiger partial charge is 0.225 e. The van der Waals surface area contributed by atoms with Crippen LogP contribution in [0.1, 0.15) is 40.0 Å². The van der Waals surface area contributed by atoms with Crippen LogP contribution >= 0.6 is 0 Å². The van der Waals surface area contributed by atoms with Crippen molar-refractivity contribution in [2.75, 3.05) is 17.2 Å². The maximum atomic E-state index is 5.58. The highest BCUT2D eigenvalue weighted by Gasteiger charge is 2.12. The molecule has 1 aromatic heterocycles. The summed E-state index contributed by atoms with van der Waals surface area (Å²) in [6, 6.07) is 0.417. The van der Waals surface area contributed by atoms with Crippen molar-refractivity contribution < 1.29 is 0 Å². The Hall–Kier alpha value is -1.32. The summed E-state index contributed by atoms with van der Waals surface area (Å²) >= 11 is 0. The molecule has 4 heteroatoms. The summed E-state index contributed by atoms with van der Waals surface area (Å²) in [5, 5.41) is 0. The summed E-state index contributed by atoms with van der Waals surface area (Å²) in [6.45, 7) is 7.53. The van der Waals surface area contributed by atoms with Gasteiger partial charge in [-0.1, -0.05) is 19.8 Å². The number of unbranched alkanes of at least 4 members (excludes halogenated alkanes) is 2. The number of nitrogens with two attached hydrogens (primary N) is 1. The molecule has 0 bridgehead atoms. The molecule has 0 saturated carbocycles. The van der Waals surface area contributed by atoms with Crippen molar-refractivity contribution in [1.82, 2.24) is 9.97 Å². The predicted molar refractivity (Wildman–Crippen MR) is 68.5 cm³/mol. The quantitative estimate of drug-likeness (QED) is 0.751. The maximum Gasteiger partial charge on any atom is 0.225 e. The molecule has 16 heavy (non-hydrogen) atoms. The van der Waals surface area contributed by atoms with Gasteiger partial charge in [0, 0.05) is 12.6 Å². The highest BCUT2D eigenvalue weighted by atomic mass is 15.3. The lowest BCUT2D eigenvalue weighted by molar-refractivity contribution is 0.612. The van der Waals surface area contributed by atoms with Crippen LogP contribution in [0.4, 0.5) is 11.6 Å². The molecular formula is C12H22N4. The van der Waals surface area contributed by atoms with E-state index in [1.165, 1.54) is 19.3 Å². The Labute approximate surface area is 97.9 Å². The summed E-state index contributed by atoms with van der Waals surface area (Å²) < 4.78 is 0. The Bertz CT molecular complexity index is 294. The zero-order valence-electron chi connectivity index (χ0n) is 10.5. The number of nitrogens with zero attached hydrogens (tertiary/aromatic N) is 3. The molecule has 0 fully saturated rings. The van der Waals surface area contributed by atoms with Crippen LogP contribution in [0, 0.1) is 0 Å². The lowest BCUT2D eigenvalue weighted by Gasteiger charge is -2.26. The van der Waals surface area contributed by atoms with E-state index < -0.39 is 0 Å². The van der Waals surface area contributed by atoms with Crippen LogP contribution in [0.25, 0.3) is 0 Å². The molecule has 0 aliphatic carbocycles. The van der Waals surface area contributed by atoms with Crippen molar-refractivity contribution in [2.45, 2.75) is 46.1 Å². The molecule has 1 rings (SSSR count). The van der Waals surface area contributed by atoms with Crippen LogP contribution in [0.2, 0.25) is 0 Å². The van der Waals surface area contributed by atoms with Gasteiger partial charge < -0.3 is 10.6 Å². The van der Waals surface area contributed by atoms with Crippen molar-refractivity contribution in [3.63, 3.8) is 0 Å². The third-order valence-electron chi connectivity index (χ3n) is 2.54. The Balaban J connectivity index is 2.65. The van der Waals surface area contributed by atoms with Gasteiger partial charge in [0.25, 0.3) is 0 Å². The molecule has 0 amide bonds. The number of hydrogen-bond acceptors (Lipinski definition) is 4. The van der Waals surface area contributed by atoms with Crippen LogP contribution < -0.4 is 10.6 Å². The second kappa shape index (κ2) is 6.30. The fraction of sp³-hybridized carbons (Fsp3) is 0.667. The van der Waals surface area contributed by atoms with Gasteiger partial charge in [0.2, 0.25) is 5.95 Å². The zero-order chi connectivity index (χ0) is 12.0. The van der Waals surface area contributed by atoms with Crippen LogP contribution in [-0.4, -0.2) is 22.6 Å². The number of anilines is 2. The van der Waals surface area contributed by atoms with Crippen molar-refractivity contribution >= 4 is 11.6 Å². The third kappa shape index (κ3) is 3.68. The fourth-order valence-electron chi connectivity index (χ4n) is 1.60. The minimum atomic E-state index is 0.417. The molecule has 0 saturated heterocycles. The van der Waals surface area contributed by atoms with Gasteiger partial charge in [0.05, 0.1) is 18.1 Å². The van der Waals surface area contributed by atoms with Crippen LogP contribution in [0.15, 0.2) is 12.4 Å². The molecule has 1 heterocycles.